The third-order valence-corrected chi connectivity index (χ3v) is 4.15. The summed E-state index contributed by atoms with van der Waals surface area (Å²) < 4.78 is 16.3. The van der Waals surface area contributed by atoms with Gasteiger partial charge < -0.3 is 19.2 Å². The number of furan rings is 1. The van der Waals surface area contributed by atoms with Crippen molar-refractivity contribution in [3.63, 3.8) is 0 Å². The minimum atomic E-state index is -0.227. The van der Waals surface area contributed by atoms with Crippen molar-refractivity contribution in [3.05, 3.63) is 48.4 Å². The Balaban J connectivity index is 1.95. The molecular weight excluding hydrogens is 356 g/mol. The zero-order valence-corrected chi connectivity index (χ0v) is 16.9. The summed E-state index contributed by atoms with van der Waals surface area (Å²) in [4.78, 5) is 14.5. The highest BCUT2D eigenvalue weighted by Gasteiger charge is 2.09. The van der Waals surface area contributed by atoms with Crippen molar-refractivity contribution in [2.24, 2.45) is 0 Å². The summed E-state index contributed by atoms with van der Waals surface area (Å²) in [5, 5.41) is 2.83. The number of carbonyl (C=O) groups excluding carboxylic acids is 1. The number of nitrogens with one attached hydrogen (secondary N) is 1. The second kappa shape index (κ2) is 11.9. The Labute approximate surface area is 167 Å². The predicted octanol–water partition coefficient (Wildman–Crippen LogP) is 4.44. The van der Waals surface area contributed by atoms with Gasteiger partial charge in [0, 0.05) is 29.9 Å². The minimum absolute atomic E-state index is 0.227. The molecule has 152 valence electrons. The van der Waals surface area contributed by atoms with Gasteiger partial charge in [0.1, 0.15) is 6.61 Å². The number of hydrogen-bond donors (Lipinski definition) is 1. The Kier molecular flexibility index (Phi) is 9.15. The summed E-state index contributed by atoms with van der Waals surface area (Å²) in [6.07, 6.45) is 8.53. The molecule has 2 rings (SSSR count). The van der Waals surface area contributed by atoms with E-state index in [1.165, 1.54) is 6.08 Å². The molecule has 0 bridgehead atoms. The smallest absolute Gasteiger partial charge is 0.248 e. The van der Waals surface area contributed by atoms with Crippen LogP contribution in [0.3, 0.4) is 0 Å². The number of nitrogens with zero attached hydrogens (tertiary/aromatic N) is 1. The van der Waals surface area contributed by atoms with E-state index in [2.05, 4.69) is 24.1 Å². The van der Waals surface area contributed by atoms with Gasteiger partial charge in [-0.15, -0.1) is 0 Å². The topological polar surface area (TPSA) is 63.9 Å². The van der Waals surface area contributed by atoms with Crippen LogP contribution in [0.1, 0.15) is 32.3 Å². The van der Waals surface area contributed by atoms with Crippen molar-refractivity contribution in [2.75, 3.05) is 38.7 Å². The number of ether oxygens (including phenoxy) is 2. The van der Waals surface area contributed by atoms with E-state index in [4.69, 9.17) is 13.9 Å². The van der Waals surface area contributed by atoms with E-state index in [1.807, 2.05) is 0 Å². The molecular formula is C22H30N2O4. The van der Waals surface area contributed by atoms with Crippen LogP contribution in [0.15, 0.2) is 47.3 Å². The number of hydrogen-bond acceptors (Lipinski definition) is 5. The summed E-state index contributed by atoms with van der Waals surface area (Å²) in [6.45, 7) is 7.91. The number of anilines is 1. The molecule has 2 aromatic rings. The van der Waals surface area contributed by atoms with Gasteiger partial charge in [-0.05, 0) is 50.2 Å². The lowest BCUT2D eigenvalue weighted by molar-refractivity contribution is -0.111. The van der Waals surface area contributed by atoms with Gasteiger partial charge in [0.05, 0.1) is 19.6 Å². The first-order valence-electron chi connectivity index (χ1n) is 9.70. The van der Waals surface area contributed by atoms with Gasteiger partial charge in [-0.3, -0.25) is 9.69 Å². The van der Waals surface area contributed by atoms with Crippen molar-refractivity contribution in [3.8, 4) is 11.5 Å². The maximum Gasteiger partial charge on any atom is 0.248 e. The van der Waals surface area contributed by atoms with Gasteiger partial charge >= 0.3 is 0 Å². The highest BCUT2D eigenvalue weighted by atomic mass is 16.5. The van der Waals surface area contributed by atoms with E-state index < -0.39 is 0 Å². The van der Waals surface area contributed by atoms with Gasteiger partial charge in [-0.2, -0.15) is 0 Å². The van der Waals surface area contributed by atoms with Crippen LogP contribution in [0.5, 0.6) is 11.5 Å². The molecule has 1 amide bonds. The highest BCUT2D eigenvalue weighted by molar-refractivity contribution is 6.02. The Morgan fingerprint density at radius 2 is 1.93 bits per heavy atom. The molecule has 0 aliphatic heterocycles. The van der Waals surface area contributed by atoms with E-state index in [0.717, 1.165) is 38.0 Å². The number of rotatable bonds is 12. The molecule has 0 unspecified atom stereocenters. The van der Waals surface area contributed by atoms with Crippen LogP contribution in [0.2, 0.25) is 0 Å². The van der Waals surface area contributed by atoms with Crippen LogP contribution < -0.4 is 14.8 Å². The number of amides is 1. The van der Waals surface area contributed by atoms with Crippen LogP contribution in [-0.2, 0) is 4.79 Å². The molecule has 1 heterocycles. The van der Waals surface area contributed by atoms with Crippen LogP contribution >= 0.6 is 0 Å². The molecule has 0 aliphatic rings. The quantitative estimate of drug-likeness (QED) is 0.546. The highest BCUT2D eigenvalue weighted by Crippen LogP contribution is 2.30. The summed E-state index contributed by atoms with van der Waals surface area (Å²) in [5.74, 6) is 1.03. The fourth-order valence-corrected chi connectivity index (χ4v) is 2.85. The molecule has 6 nitrogen and oxygen atoms in total. The average molecular weight is 386 g/mol. The molecule has 0 fully saturated rings. The monoisotopic (exact) mass is 386 g/mol. The maximum atomic E-state index is 12.1. The van der Waals surface area contributed by atoms with Crippen LogP contribution in [0.4, 0.5) is 5.69 Å². The lowest BCUT2D eigenvalue weighted by Gasteiger charge is -2.21. The van der Waals surface area contributed by atoms with Crippen molar-refractivity contribution in [2.45, 2.75) is 26.7 Å². The third-order valence-electron chi connectivity index (χ3n) is 4.15. The van der Waals surface area contributed by atoms with Gasteiger partial charge in [0.15, 0.2) is 11.5 Å². The maximum absolute atomic E-state index is 12.1. The molecule has 0 atom stereocenters. The zero-order valence-electron chi connectivity index (χ0n) is 16.9. The zero-order chi connectivity index (χ0) is 20.2. The molecule has 1 aromatic heterocycles. The standard InChI is InChI=1S/C22H30N2O4/c1-4-11-24(12-5-2)13-15-28-21-16-19(7-8-20(21)26-3)23-22(25)9-6-18-10-14-27-17-18/h6-10,14,16-17H,4-5,11-13,15H2,1-3H3,(H,23,25). The Bertz CT molecular complexity index is 735. The van der Waals surface area contributed by atoms with Crippen molar-refractivity contribution >= 4 is 17.7 Å². The van der Waals surface area contributed by atoms with Crippen molar-refractivity contribution < 1.29 is 18.7 Å². The summed E-state index contributed by atoms with van der Waals surface area (Å²) in [6, 6.07) is 7.15. The average Bonchev–Trinajstić information content (AvgIpc) is 3.21. The molecule has 0 saturated carbocycles. The molecule has 0 spiro atoms. The fourth-order valence-electron chi connectivity index (χ4n) is 2.85. The summed E-state index contributed by atoms with van der Waals surface area (Å²) in [5.41, 5.74) is 1.48. The van der Waals surface area contributed by atoms with Gasteiger partial charge in [0.2, 0.25) is 5.91 Å². The lowest BCUT2D eigenvalue weighted by Crippen LogP contribution is -2.30. The first-order chi connectivity index (χ1) is 13.7. The molecule has 1 N–H and O–H groups in total. The first-order valence-corrected chi connectivity index (χ1v) is 9.70. The molecule has 1 aromatic carbocycles. The van der Waals surface area contributed by atoms with Crippen LogP contribution in [0, 0.1) is 0 Å². The van der Waals surface area contributed by atoms with Crippen LogP contribution in [0.25, 0.3) is 6.08 Å². The Morgan fingerprint density at radius 3 is 2.57 bits per heavy atom. The Hall–Kier alpha value is -2.73. The fraction of sp³-hybridized carbons (Fsp3) is 0.409. The first kappa shape index (κ1) is 21.6. The van der Waals surface area contributed by atoms with Gasteiger partial charge in [-0.25, -0.2) is 0 Å². The number of carbonyl (C=O) groups is 1. The predicted molar refractivity (Wildman–Crippen MR) is 112 cm³/mol. The number of benzene rings is 1. The largest absolute Gasteiger partial charge is 0.493 e. The molecule has 6 heteroatoms. The van der Waals surface area contributed by atoms with Gasteiger partial charge in [0.25, 0.3) is 0 Å². The SMILES string of the molecule is CCCN(CCC)CCOc1cc(NC(=O)C=Cc2ccoc2)ccc1OC. The minimum Gasteiger partial charge on any atom is -0.493 e. The second-order valence-electron chi connectivity index (χ2n) is 6.44. The van der Waals surface area contributed by atoms with E-state index in [0.29, 0.717) is 23.8 Å². The van der Waals surface area contributed by atoms with Crippen LogP contribution in [-0.4, -0.2) is 44.2 Å². The molecule has 0 saturated heterocycles. The normalized spacial score (nSPS) is 11.1. The molecule has 0 radical (unpaired) electrons. The lowest BCUT2D eigenvalue weighted by atomic mass is 10.2. The Morgan fingerprint density at radius 1 is 1.14 bits per heavy atom. The number of methoxy groups -OCH3 is 1. The molecule has 28 heavy (non-hydrogen) atoms. The van der Waals surface area contributed by atoms with Crippen molar-refractivity contribution in [1.82, 2.24) is 4.90 Å². The van der Waals surface area contributed by atoms with Crippen molar-refractivity contribution in [1.29, 1.82) is 0 Å². The van der Waals surface area contributed by atoms with E-state index in [-0.39, 0.29) is 5.91 Å². The third kappa shape index (κ3) is 7.12. The van der Waals surface area contributed by atoms with Gasteiger partial charge in [-0.1, -0.05) is 13.8 Å². The molecule has 0 aliphatic carbocycles. The van der Waals surface area contributed by atoms with E-state index >= 15 is 0 Å². The summed E-state index contributed by atoms with van der Waals surface area (Å²) >= 11 is 0. The van der Waals surface area contributed by atoms with E-state index in [1.54, 1.807) is 50.0 Å². The van der Waals surface area contributed by atoms with E-state index in [9.17, 15) is 4.79 Å². The second-order valence-corrected chi connectivity index (χ2v) is 6.44. The summed E-state index contributed by atoms with van der Waals surface area (Å²) in [7, 11) is 1.61.